The lowest BCUT2D eigenvalue weighted by Crippen LogP contribution is -2.53. The highest BCUT2D eigenvalue weighted by Gasteiger charge is 2.45. The molecule has 3 fully saturated rings. The average Bonchev–Trinajstić information content (AvgIpc) is 2.96. The van der Waals surface area contributed by atoms with Crippen LogP contribution in [-0.4, -0.2) is 38.2 Å². The third kappa shape index (κ3) is 4.25. The van der Waals surface area contributed by atoms with E-state index in [9.17, 15) is 4.79 Å². The second-order valence-corrected chi connectivity index (χ2v) is 9.29. The third-order valence-electron chi connectivity index (χ3n) is 6.45. The molecule has 160 valence electrons. The molecular formula is C25H33N3O2. The standard InChI is InChI=1S/C25H33N3O2/c1-5-30-23-12-10-22(11-13-23)28-16-19-14-25(3,4)24(28)17-27(15-19)21-8-6-20(7-9-21)26-18(2)29/h6-13,19,24H,5,14-17H2,1-4H3,(H,26,29). The lowest BCUT2D eigenvalue weighted by atomic mass is 9.73. The van der Waals surface area contributed by atoms with Gasteiger partial charge in [-0.05, 0) is 73.2 Å². The van der Waals surface area contributed by atoms with Gasteiger partial charge in [0.05, 0.1) is 12.6 Å². The Morgan fingerprint density at radius 1 is 1.03 bits per heavy atom. The molecule has 3 heterocycles. The Kier molecular flexibility index (Phi) is 5.63. The van der Waals surface area contributed by atoms with Gasteiger partial charge in [-0.1, -0.05) is 13.8 Å². The van der Waals surface area contributed by atoms with Gasteiger partial charge in [0.2, 0.25) is 5.91 Å². The highest BCUT2D eigenvalue weighted by atomic mass is 16.5. The molecule has 1 N–H and O–H groups in total. The number of fused-ring (bicyclic) bond motifs is 4. The largest absolute Gasteiger partial charge is 0.494 e. The molecule has 2 bridgehead atoms. The van der Waals surface area contributed by atoms with Crippen molar-refractivity contribution in [3.05, 3.63) is 48.5 Å². The van der Waals surface area contributed by atoms with Gasteiger partial charge in [0.1, 0.15) is 5.75 Å². The Labute approximate surface area is 180 Å². The number of anilines is 3. The van der Waals surface area contributed by atoms with Crippen LogP contribution >= 0.6 is 0 Å². The highest BCUT2D eigenvalue weighted by Crippen LogP contribution is 2.44. The van der Waals surface area contributed by atoms with Crippen molar-refractivity contribution in [2.75, 3.05) is 41.4 Å². The van der Waals surface area contributed by atoms with Gasteiger partial charge in [-0.2, -0.15) is 0 Å². The molecule has 30 heavy (non-hydrogen) atoms. The first-order chi connectivity index (χ1) is 14.4. The molecule has 0 aliphatic carbocycles. The minimum atomic E-state index is -0.0386. The van der Waals surface area contributed by atoms with E-state index in [1.54, 1.807) is 0 Å². The first kappa shape index (κ1) is 20.6. The summed E-state index contributed by atoms with van der Waals surface area (Å²) in [4.78, 5) is 16.4. The fraction of sp³-hybridized carbons (Fsp3) is 0.480. The molecule has 2 atom stereocenters. The number of carbonyl (C=O) groups excluding carboxylic acids is 1. The monoisotopic (exact) mass is 407 g/mol. The predicted molar refractivity (Wildman–Crippen MR) is 124 cm³/mol. The number of rotatable bonds is 5. The summed E-state index contributed by atoms with van der Waals surface area (Å²) >= 11 is 0. The van der Waals surface area contributed by atoms with Gasteiger partial charge in [0, 0.05) is 43.6 Å². The summed E-state index contributed by atoms with van der Waals surface area (Å²) in [7, 11) is 0. The van der Waals surface area contributed by atoms with Crippen LogP contribution in [0.25, 0.3) is 0 Å². The zero-order valence-corrected chi connectivity index (χ0v) is 18.5. The number of nitrogens with zero attached hydrogens (tertiary/aromatic N) is 2. The topological polar surface area (TPSA) is 44.8 Å². The van der Waals surface area contributed by atoms with Crippen molar-refractivity contribution < 1.29 is 9.53 Å². The molecule has 2 unspecified atom stereocenters. The first-order valence-corrected chi connectivity index (χ1v) is 11.0. The van der Waals surface area contributed by atoms with E-state index in [0.717, 1.165) is 31.1 Å². The summed E-state index contributed by atoms with van der Waals surface area (Å²) in [6.07, 6.45) is 1.24. The second kappa shape index (κ2) is 8.21. The van der Waals surface area contributed by atoms with E-state index in [4.69, 9.17) is 4.74 Å². The zero-order valence-electron chi connectivity index (χ0n) is 18.5. The number of benzene rings is 2. The van der Waals surface area contributed by atoms with Crippen LogP contribution in [0.3, 0.4) is 0 Å². The second-order valence-electron chi connectivity index (χ2n) is 9.29. The van der Waals surface area contributed by atoms with Gasteiger partial charge in [-0.3, -0.25) is 4.79 Å². The Hall–Kier alpha value is -2.69. The number of ether oxygens (including phenoxy) is 1. The molecule has 2 aromatic rings. The van der Waals surface area contributed by atoms with E-state index in [1.807, 2.05) is 19.1 Å². The molecule has 0 spiro atoms. The van der Waals surface area contributed by atoms with Crippen molar-refractivity contribution in [1.29, 1.82) is 0 Å². The van der Waals surface area contributed by atoms with Gasteiger partial charge >= 0.3 is 0 Å². The molecule has 5 heteroatoms. The SMILES string of the molecule is CCOc1ccc(N2CC3CN(c4ccc(NC(C)=O)cc4)CC2C(C)(C)C3)cc1. The Bertz CT molecular complexity index is 876. The van der Waals surface area contributed by atoms with Crippen molar-refractivity contribution in [2.24, 2.45) is 11.3 Å². The van der Waals surface area contributed by atoms with Crippen molar-refractivity contribution in [3.63, 3.8) is 0 Å². The minimum Gasteiger partial charge on any atom is -0.494 e. The third-order valence-corrected chi connectivity index (χ3v) is 6.45. The van der Waals surface area contributed by atoms with Crippen LogP contribution in [0, 0.1) is 11.3 Å². The maximum Gasteiger partial charge on any atom is 0.221 e. The molecule has 5 rings (SSSR count). The van der Waals surface area contributed by atoms with E-state index >= 15 is 0 Å². The summed E-state index contributed by atoms with van der Waals surface area (Å²) < 4.78 is 5.63. The van der Waals surface area contributed by atoms with Gasteiger partial charge in [-0.15, -0.1) is 0 Å². The molecule has 0 saturated carbocycles. The Balaban J connectivity index is 1.57. The highest BCUT2D eigenvalue weighted by molar-refractivity contribution is 5.88. The minimum absolute atomic E-state index is 0.0386. The molecule has 0 radical (unpaired) electrons. The van der Waals surface area contributed by atoms with Crippen molar-refractivity contribution in [1.82, 2.24) is 0 Å². The summed E-state index contributed by atoms with van der Waals surface area (Å²) in [5.41, 5.74) is 3.60. The lowest BCUT2D eigenvalue weighted by molar-refractivity contribution is -0.114. The predicted octanol–water partition coefficient (Wildman–Crippen LogP) is 4.79. The van der Waals surface area contributed by atoms with E-state index in [1.165, 1.54) is 24.7 Å². The summed E-state index contributed by atoms with van der Waals surface area (Å²) in [6.45, 7) is 12.2. The smallest absolute Gasteiger partial charge is 0.221 e. The Morgan fingerprint density at radius 2 is 1.70 bits per heavy atom. The van der Waals surface area contributed by atoms with Crippen molar-refractivity contribution >= 4 is 23.0 Å². The molecule has 3 aliphatic rings. The van der Waals surface area contributed by atoms with Crippen LogP contribution in [0.4, 0.5) is 17.1 Å². The van der Waals surface area contributed by atoms with Crippen LogP contribution < -0.4 is 19.9 Å². The molecule has 3 aliphatic heterocycles. The molecule has 3 saturated heterocycles. The van der Waals surface area contributed by atoms with Gasteiger partial charge in [-0.25, -0.2) is 0 Å². The van der Waals surface area contributed by atoms with Crippen LogP contribution in [0.2, 0.25) is 0 Å². The normalized spacial score (nSPS) is 22.5. The van der Waals surface area contributed by atoms with Crippen LogP contribution in [-0.2, 0) is 4.79 Å². The maximum atomic E-state index is 11.3. The van der Waals surface area contributed by atoms with Crippen LogP contribution in [0.1, 0.15) is 34.1 Å². The maximum absolute atomic E-state index is 11.3. The number of piperidine rings is 1. The first-order valence-electron chi connectivity index (χ1n) is 11.0. The molecule has 0 aromatic heterocycles. The fourth-order valence-corrected chi connectivity index (χ4v) is 5.19. The van der Waals surface area contributed by atoms with Crippen molar-refractivity contribution in [2.45, 2.75) is 40.2 Å². The van der Waals surface area contributed by atoms with Crippen LogP contribution in [0.5, 0.6) is 5.75 Å². The summed E-state index contributed by atoms with van der Waals surface area (Å²) in [6, 6.07) is 17.3. The molecule has 2 aromatic carbocycles. The van der Waals surface area contributed by atoms with E-state index < -0.39 is 0 Å². The quantitative estimate of drug-likeness (QED) is 0.774. The number of hydrogen-bond donors (Lipinski definition) is 1. The Morgan fingerprint density at radius 3 is 2.33 bits per heavy atom. The molecular weight excluding hydrogens is 374 g/mol. The summed E-state index contributed by atoms with van der Waals surface area (Å²) in [5.74, 6) is 1.50. The van der Waals surface area contributed by atoms with E-state index in [-0.39, 0.29) is 11.3 Å². The van der Waals surface area contributed by atoms with Crippen molar-refractivity contribution in [3.8, 4) is 5.75 Å². The number of hydrogen-bond acceptors (Lipinski definition) is 4. The molecule has 5 nitrogen and oxygen atoms in total. The van der Waals surface area contributed by atoms with E-state index in [0.29, 0.717) is 18.6 Å². The number of carbonyl (C=O) groups is 1. The van der Waals surface area contributed by atoms with Crippen LogP contribution in [0.15, 0.2) is 48.5 Å². The summed E-state index contributed by atoms with van der Waals surface area (Å²) in [5, 5.41) is 2.86. The molecule has 1 amide bonds. The van der Waals surface area contributed by atoms with Gasteiger partial charge in [0.15, 0.2) is 0 Å². The van der Waals surface area contributed by atoms with Gasteiger partial charge in [0.25, 0.3) is 0 Å². The fourth-order valence-electron chi connectivity index (χ4n) is 5.19. The van der Waals surface area contributed by atoms with Gasteiger partial charge < -0.3 is 19.9 Å². The van der Waals surface area contributed by atoms with E-state index in [2.05, 4.69) is 65.4 Å². The number of amides is 1. The zero-order chi connectivity index (χ0) is 21.3. The average molecular weight is 408 g/mol. The number of nitrogens with one attached hydrogen (secondary N) is 1. The lowest BCUT2D eigenvalue weighted by Gasteiger charge is -2.48.